The summed E-state index contributed by atoms with van der Waals surface area (Å²) in [5, 5.41) is 0. The zero-order valence-electron chi connectivity index (χ0n) is 11.6. The van der Waals surface area contributed by atoms with Crippen LogP contribution in [0.5, 0.6) is 0 Å². The Morgan fingerprint density at radius 3 is 2.29 bits per heavy atom. The molecule has 1 aromatic carbocycles. The fourth-order valence-electron chi connectivity index (χ4n) is 2.94. The summed E-state index contributed by atoms with van der Waals surface area (Å²) >= 11 is 0. The average Bonchev–Trinajstić information content (AvgIpc) is 2.39. The molecule has 0 N–H and O–H groups in total. The predicted octanol–water partition coefficient (Wildman–Crippen LogP) is 4.88. The van der Waals surface area contributed by atoms with E-state index in [1.165, 1.54) is 22.3 Å². The lowest BCUT2D eigenvalue weighted by Gasteiger charge is -2.36. The second-order valence-electron chi connectivity index (χ2n) is 6.06. The molecule has 0 atom stereocenters. The molecular formula is C17H22. The molecule has 0 bridgehead atoms. The van der Waals surface area contributed by atoms with E-state index in [1.807, 2.05) is 6.08 Å². The van der Waals surface area contributed by atoms with Crippen LogP contribution in [0.2, 0.25) is 0 Å². The first kappa shape index (κ1) is 12.2. The van der Waals surface area contributed by atoms with Gasteiger partial charge in [0, 0.05) is 0 Å². The fraction of sp³-hybridized carbons (Fsp3) is 0.412. The van der Waals surface area contributed by atoms with E-state index in [0.29, 0.717) is 0 Å². The van der Waals surface area contributed by atoms with Gasteiger partial charge < -0.3 is 0 Å². The van der Waals surface area contributed by atoms with Gasteiger partial charge in [-0.15, -0.1) is 0 Å². The van der Waals surface area contributed by atoms with Gasteiger partial charge in [0.1, 0.15) is 0 Å². The number of allylic oxidation sites excluding steroid dienone is 3. The van der Waals surface area contributed by atoms with E-state index in [2.05, 4.69) is 65.5 Å². The second-order valence-corrected chi connectivity index (χ2v) is 6.06. The van der Waals surface area contributed by atoms with Crippen molar-refractivity contribution in [2.45, 2.75) is 40.0 Å². The third-order valence-electron chi connectivity index (χ3n) is 4.74. The molecule has 0 heterocycles. The molecule has 1 aliphatic carbocycles. The molecule has 17 heavy (non-hydrogen) atoms. The minimum absolute atomic E-state index is 0.148. The van der Waals surface area contributed by atoms with Crippen LogP contribution in [0.4, 0.5) is 0 Å². The highest BCUT2D eigenvalue weighted by Crippen LogP contribution is 2.58. The van der Waals surface area contributed by atoms with Gasteiger partial charge in [-0.2, -0.15) is 0 Å². The highest BCUT2D eigenvalue weighted by molar-refractivity contribution is 5.82. The lowest BCUT2D eigenvalue weighted by atomic mass is 9.67. The molecule has 0 aliphatic heterocycles. The van der Waals surface area contributed by atoms with Gasteiger partial charge in [-0.3, -0.25) is 0 Å². The quantitative estimate of drug-likeness (QED) is 0.640. The number of fused-ring (bicyclic) bond motifs is 1. The third-order valence-corrected chi connectivity index (χ3v) is 4.74. The van der Waals surface area contributed by atoms with Gasteiger partial charge >= 0.3 is 0 Å². The van der Waals surface area contributed by atoms with Crippen molar-refractivity contribution in [3.8, 4) is 0 Å². The third kappa shape index (κ3) is 1.43. The highest BCUT2D eigenvalue weighted by Gasteiger charge is 2.48. The van der Waals surface area contributed by atoms with Crippen molar-refractivity contribution in [2.24, 2.45) is 5.41 Å². The van der Waals surface area contributed by atoms with E-state index >= 15 is 0 Å². The Balaban J connectivity index is 2.84. The monoisotopic (exact) mass is 226 g/mol. The lowest BCUT2D eigenvalue weighted by Crippen LogP contribution is -2.31. The molecule has 0 spiro atoms. The van der Waals surface area contributed by atoms with Crippen molar-refractivity contribution in [3.05, 3.63) is 53.6 Å². The number of rotatable bonds is 1. The summed E-state index contributed by atoms with van der Waals surface area (Å²) in [5.41, 5.74) is 6.01. The molecule has 90 valence electrons. The van der Waals surface area contributed by atoms with Crippen molar-refractivity contribution in [1.82, 2.24) is 0 Å². The first-order valence-corrected chi connectivity index (χ1v) is 6.27. The van der Waals surface area contributed by atoms with Gasteiger partial charge in [0.05, 0.1) is 0 Å². The van der Waals surface area contributed by atoms with Crippen LogP contribution in [0.25, 0.3) is 5.57 Å². The van der Waals surface area contributed by atoms with E-state index in [1.54, 1.807) is 0 Å². The van der Waals surface area contributed by atoms with Crippen molar-refractivity contribution in [2.75, 3.05) is 0 Å². The molecule has 0 saturated heterocycles. The average molecular weight is 226 g/mol. The molecule has 0 aromatic heterocycles. The van der Waals surface area contributed by atoms with E-state index in [-0.39, 0.29) is 10.8 Å². The Morgan fingerprint density at radius 1 is 1.06 bits per heavy atom. The molecule has 2 rings (SSSR count). The van der Waals surface area contributed by atoms with Gasteiger partial charge in [-0.25, -0.2) is 0 Å². The van der Waals surface area contributed by atoms with Crippen LogP contribution in [0.3, 0.4) is 0 Å². The largest absolute Gasteiger partial charge is 0.0991 e. The van der Waals surface area contributed by atoms with Crippen molar-refractivity contribution in [1.29, 1.82) is 0 Å². The summed E-state index contributed by atoms with van der Waals surface area (Å²) < 4.78 is 0. The normalized spacial score (nSPS) is 22.5. The van der Waals surface area contributed by atoms with Gasteiger partial charge in [0.25, 0.3) is 0 Å². The first-order valence-electron chi connectivity index (χ1n) is 6.27. The number of aryl methyl sites for hydroxylation is 1. The number of benzene rings is 1. The summed E-state index contributed by atoms with van der Waals surface area (Å²) in [6.45, 7) is 15.4. The molecular weight excluding hydrogens is 204 g/mol. The van der Waals surface area contributed by atoms with Gasteiger partial charge in [-0.1, -0.05) is 64.6 Å². The minimum Gasteiger partial charge on any atom is -0.0991 e. The zero-order valence-corrected chi connectivity index (χ0v) is 11.6. The first-order chi connectivity index (χ1) is 7.84. The SMILES string of the molecule is C=C/C=C1\c2c(C)cccc2C(C)(C)C1(C)C. The summed E-state index contributed by atoms with van der Waals surface area (Å²) in [7, 11) is 0. The second kappa shape index (κ2) is 3.60. The van der Waals surface area contributed by atoms with Crippen LogP contribution in [0, 0.1) is 12.3 Å². The summed E-state index contributed by atoms with van der Waals surface area (Å²) in [4.78, 5) is 0. The number of hydrogen-bond acceptors (Lipinski definition) is 0. The molecule has 0 nitrogen and oxygen atoms in total. The Bertz CT molecular complexity index is 499. The molecule has 0 fully saturated rings. The van der Waals surface area contributed by atoms with Crippen LogP contribution in [-0.2, 0) is 5.41 Å². The maximum Gasteiger partial charge on any atom is -0.000570 e. The zero-order chi connectivity index (χ0) is 12.8. The van der Waals surface area contributed by atoms with Crippen molar-refractivity contribution >= 4 is 5.57 Å². The van der Waals surface area contributed by atoms with Crippen LogP contribution >= 0.6 is 0 Å². The van der Waals surface area contributed by atoms with Crippen LogP contribution in [0.15, 0.2) is 36.9 Å². The van der Waals surface area contributed by atoms with E-state index in [9.17, 15) is 0 Å². The standard InChI is InChI=1S/C17H22/c1-7-9-13-15-12(2)10-8-11-14(15)17(5,6)16(13,3)4/h7-11H,1H2,2-6H3/b13-9+. The molecule has 0 unspecified atom stereocenters. The smallest absolute Gasteiger partial charge is 0.000570 e. The van der Waals surface area contributed by atoms with Crippen LogP contribution in [0.1, 0.15) is 44.4 Å². The Labute approximate surface area is 105 Å². The van der Waals surface area contributed by atoms with Crippen molar-refractivity contribution < 1.29 is 0 Å². The fourth-order valence-corrected chi connectivity index (χ4v) is 2.94. The van der Waals surface area contributed by atoms with Crippen molar-refractivity contribution in [3.63, 3.8) is 0 Å². The Morgan fingerprint density at radius 2 is 1.71 bits per heavy atom. The minimum atomic E-state index is 0.148. The van der Waals surface area contributed by atoms with Crippen LogP contribution in [-0.4, -0.2) is 0 Å². The molecule has 0 saturated carbocycles. The topological polar surface area (TPSA) is 0 Å². The molecule has 0 heteroatoms. The maximum absolute atomic E-state index is 3.86. The number of hydrogen-bond donors (Lipinski definition) is 0. The lowest BCUT2D eigenvalue weighted by molar-refractivity contribution is 0.300. The Kier molecular flexibility index (Phi) is 2.57. The molecule has 0 amide bonds. The van der Waals surface area contributed by atoms with E-state index in [0.717, 1.165) is 0 Å². The van der Waals surface area contributed by atoms with Crippen LogP contribution < -0.4 is 0 Å². The summed E-state index contributed by atoms with van der Waals surface area (Å²) in [5.74, 6) is 0. The van der Waals surface area contributed by atoms with Gasteiger partial charge in [0.2, 0.25) is 0 Å². The summed E-state index contributed by atoms with van der Waals surface area (Å²) in [6.07, 6.45) is 4.09. The maximum atomic E-state index is 3.86. The molecule has 0 radical (unpaired) electrons. The van der Waals surface area contributed by atoms with E-state index in [4.69, 9.17) is 0 Å². The van der Waals surface area contributed by atoms with E-state index < -0.39 is 0 Å². The predicted molar refractivity (Wildman–Crippen MR) is 76.2 cm³/mol. The Hall–Kier alpha value is -1.30. The highest BCUT2D eigenvalue weighted by atomic mass is 14.5. The van der Waals surface area contributed by atoms with Gasteiger partial charge in [-0.05, 0) is 40.0 Å². The summed E-state index contributed by atoms with van der Waals surface area (Å²) in [6, 6.07) is 6.64. The van der Waals surface area contributed by atoms with Gasteiger partial charge in [0.15, 0.2) is 0 Å². The molecule has 1 aromatic rings. The molecule has 1 aliphatic rings.